The van der Waals surface area contributed by atoms with Crippen LogP contribution in [0.4, 0.5) is 4.39 Å². The number of rotatable bonds is 2. The molecule has 0 aromatic carbocycles. The zero-order valence-electron chi connectivity index (χ0n) is 7.35. The van der Waals surface area contributed by atoms with E-state index < -0.39 is 11.9 Å². The molecule has 0 aliphatic heterocycles. The van der Waals surface area contributed by atoms with Crippen LogP contribution in [-0.2, 0) is 0 Å². The van der Waals surface area contributed by atoms with E-state index in [2.05, 4.69) is 9.97 Å². The fourth-order valence-electron chi connectivity index (χ4n) is 1.01. The smallest absolute Gasteiger partial charge is 0.355 e. The molecule has 0 fully saturated rings. The van der Waals surface area contributed by atoms with Crippen molar-refractivity contribution in [3.05, 3.63) is 35.4 Å². The van der Waals surface area contributed by atoms with Crippen LogP contribution in [-0.4, -0.2) is 21.0 Å². The molecule has 0 bridgehead atoms. The van der Waals surface area contributed by atoms with Crippen LogP contribution >= 0.6 is 11.3 Å². The molecule has 0 unspecified atom stereocenters. The van der Waals surface area contributed by atoms with Crippen LogP contribution in [0.15, 0.2) is 23.7 Å². The number of carboxylic acids is 1. The highest BCUT2D eigenvalue weighted by atomic mass is 32.1. The molecule has 2 rings (SSSR count). The Labute approximate surface area is 88.1 Å². The lowest BCUT2D eigenvalue weighted by molar-refractivity contribution is 0.0691. The minimum absolute atomic E-state index is 0.0145. The number of halogens is 1. The first-order chi connectivity index (χ1) is 7.16. The van der Waals surface area contributed by atoms with Crippen LogP contribution in [0.2, 0.25) is 0 Å². The number of aromatic nitrogens is 2. The predicted octanol–water partition coefficient (Wildman–Crippen LogP) is 2.04. The van der Waals surface area contributed by atoms with Gasteiger partial charge in [-0.15, -0.1) is 11.3 Å². The third kappa shape index (κ3) is 1.99. The maximum absolute atomic E-state index is 12.5. The van der Waals surface area contributed by atoms with Gasteiger partial charge in [0.25, 0.3) is 0 Å². The van der Waals surface area contributed by atoms with Crippen molar-refractivity contribution in [3.63, 3.8) is 0 Å². The van der Waals surface area contributed by atoms with E-state index in [0.29, 0.717) is 10.6 Å². The molecule has 0 aliphatic carbocycles. The average molecular weight is 224 g/mol. The normalized spacial score (nSPS) is 10.2. The largest absolute Gasteiger partial charge is 0.476 e. The first-order valence-corrected chi connectivity index (χ1v) is 4.85. The van der Waals surface area contributed by atoms with E-state index >= 15 is 0 Å². The molecule has 2 aromatic heterocycles. The van der Waals surface area contributed by atoms with Crippen molar-refractivity contribution in [2.75, 3.05) is 0 Å². The number of carbonyl (C=O) groups is 1. The molecule has 4 nitrogen and oxygen atoms in total. The Morgan fingerprint density at radius 3 is 2.80 bits per heavy atom. The predicted molar refractivity (Wildman–Crippen MR) is 52.3 cm³/mol. The summed E-state index contributed by atoms with van der Waals surface area (Å²) in [6.45, 7) is 0. The highest BCUT2D eigenvalue weighted by Crippen LogP contribution is 2.22. The topological polar surface area (TPSA) is 63.1 Å². The van der Waals surface area contributed by atoms with Crippen molar-refractivity contribution < 1.29 is 14.3 Å². The number of aromatic carboxylic acids is 1. The van der Waals surface area contributed by atoms with E-state index in [1.807, 2.05) is 0 Å². The van der Waals surface area contributed by atoms with E-state index in [0.717, 1.165) is 0 Å². The Balaban J connectivity index is 2.37. The highest BCUT2D eigenvalue weighted by molar-refractivity contribution is 7.13. The zero-order chi connectivity index (χ0) is 10.8. The molecule has 15 heavy (non-hydrogen) atoms. The minimum atomic E-state index is -1.08. The molecule has 0 saturated heterocycles. The Morgan fingerprint density at radius 1 is 1.47 bits per heavy atom. The first kappa shape index (κ1) is 9.72. The van der Waals surface area contributed by atoms with Crippen LogP contribution < -0.4 is 0 Å². The lowest BCUT2D eigenvalue weighted by Gasteiger charge is -1.93. The second-order valence-corrected chi connectivity index (χ2v) is 3.57. The number of hydrogen-bond acceptors (Lipinski definition) is 4. The fourth-order valence-corrected chi connectivity index (χ4v) is 1.79. The fraction of sp³-hybridized carbons (Fsp3) is 0. The van der Waals surface area contributed by atoms with E-state index in [1.165, 1.54) is 35.0 Å². The summed E-state index contributed by atoms with van der Waals surface area (Å²) < 4.78 is 12.5. The van der Waals surface area contributed by atoms with E-state index in [9.17, 15) is 9.18 Å². The van der Waals surface area contributed by atoms with Gasteiger partial charge in [-0.3, -0.25) is 0 Å². The lowest BCUT2D eigenvalue weighted by Crippen LogP contribution is -1.95. The Hall–Kier alpha value is -1.82. The third-order valence-corrected chi connectivity index (χ3v) is 2.59. The molecule has 76 valence electrons. The van der Waals surface area contributed by atoms with Crippen molar-refractivity contribution in [3.8, 4) is 10.6 Å². The minimum Gasteiger partial charge on any atom is -0.476 e. The van der Waals surface area contributed by atoms with Gasteiger partial charge < -0.3 is 5.11 Å². The van der Waals surface area contributed by atoms with Crippen LogP contribution in [0.25, 0.3) is 10.6 Å². The van der Waals surface area contributed by atoms with Gasteiger partial charge in [0.05, 0.1) is 0 Å². The summed E-state index contributed by atoms with van der Waals surface area (Å²) in [6, 6.07) is 2.71. The van der Waals surface area contributed by atoms with Crippen molar-refractivity contribution >= 4 is 17.3 Å². The summed E-state index contributed by atoms with van der Waals surface area (Å²) in [6.07, 6.45) is 1.32. The Kier molecular flexibility index (Phi) is 2.42. The van der Waals surface area contributed by atoms with Crippen LogP contribution in [0, 0.1) is 5.95 Å². The summed E-state index contributed by atoms with van der Waals surface area (Å²) in [4.78, 5) is 17.9. The van der Waals surface area contributed by atoms with Gasteiger partial charge in [0.1, 0.15) is 5.01 Å². The second kappa shape index (κ2) is 3.74. The Bertz CT molecular complexity index is 495. The molecule has 2 aromatic rings. The number of carboxylic acid groups (broad SMARTS) is 1. The van der Waals surface area contributed by atoms with Gasteiger partial charge in [0.15, 0.2) is 5.69 Å². The molecule has 0 aliphatic rings. The van der Waals surface area contributed by atoms with Gasteiger partial charge >= 0.3 is 5.97 Å². The maximum atomic E-state index is 12.5. The maximum Gasteiger partial charge on any atom is 0.355 e. The summed E-state index contributed by atoms with van der Waals surface area (Å²) in [5.74, 6) is -1.65. The molecule has 0 radical (unpaired) electrons. The van der Waals surface area contributed by atoms with Gasteiger partial charge in [0.2, 0.25) is 5.95 Å². The van der Waals surface area contributed by atoms with Gasteiger partial charge in [-0.1, -0.05) is 0 Å². The van der Waals surface area contributed by atoms with Crippen molar-refractivity contribution in [2.45, 2.75) is 0 Å². The molecule has 0 amide bonds. The second-order valence-electron chi connectivity index (χ2n) is 2.71. The zero-order valence-corrected chi connectivity index (χ0v) is 8.16. The summed E-state index contributed by atoms with van der Waals surface area (Å²) in [5, 5.41) is 10.6. The molecule has 1 N–H and O–H groups in total. The third-order valence-electron chi connectivity index (χ3n) is 1.70. The highest BCUT2D eigenvalue weighted by Gasteiger charge is 2.10. The lowest BCUT2D eigenvalue weighted by atomic mass is 10.3. The number of hydrogen-bond donors (Lipinski definition) is 1. The van der Waals surface area contributed by atoms with E-state index in [4.69, 9.17) is 5.11 Å². The summed E-state index contributed by atoms with van der Waals surface area (Å²) >= 11 is 1.18. The van der Waals surface area contributed by atoms with Crippen molar-refractivity contribution in [2.24, 2.45) is 0 Å². The molecule has 2 heterocycles. The van der Waals surface area contributed by atoms with Gasteiger partial charge in [-0.05, 0) is 12.1 Å². The van der Waals surface area contributed by atoms with Gasteiger partial charge in [-0.25, -0.2) is 14.8 Å². The summed E-state index contributed by atoms with van der Waals surface area (Å²) in [5.41, 5.74) is 0.591. The van der Waals surface area contributed by atoms with Crippen molar-refractivity contribution in [1.82, 2.24) is 9.97 Å². The van der Waals surface area contributed by atoms with Crippen LogP contribution in [0.3, 0.4) is 0 Å². The first-order valence-electron chi connectivity index (χ1n) is 3.97. The van der Waals surface area contributed by atoms with Gasteiger partial charge in [-0.2, -0.15) is 4.39 Å². The molecular weight excluding hydrogens is 219 g/mol. The van der Waals surface area contributed by atoms with E-state index in [-0.39, 0.29) is 5.69 Å². The SMILES string of the molecule is O=C(O)c1csc(-c2ccc(F)nc2)n1. The molecule has 0 atom stereocenters. The quantitative estimate of drug-likeness (QED) is 0.793. The van der Waals surface area contributed by atoms with Crippen LogP contribution in [0.5, 0.6) is 0 Å². The molecule has 0 spiro atoms. The van der Waals surface area contributed by atoms with Crippen LogP contribution in [0.1, 0.15) is 10.5 Å². The number of pyridine rings is 1. The standard InChI is InChI=1S/C9H5FN2O2S/c10-7-2-1-5(3-11-7)8-12-6(4-15-8)9(13)14/h1-4H,(H,13,14). The summed E-state index contributed by atoms with van der Waals surface area (Å²) in [7, 11) is 0. The molecule has 0 saturated carbocycles. The number of nitrogens with zero attached hydrogens (tertiary/aromatic N) is 2. The molecule has 6 heteroatoms. The van der Waals surface area contributed by atoms with E-state index in [1.54, 1.807) is 0 Å². The van der Waals surface area contributed by atoms with Gasteiger partial charge in [0, 0.05) is 17.1 Å². The Morgan fingerprint density at radius 2 is 2.27 bits per heavy atom. The molecular formula is C9H5FN2O2S. The van der Waals surface area contributed by atoms with Crippen molar-refractivity contribution in [1.29, 1.82) is 0 Å². The average Bonchev–Trinajstić information content (AvgIpc) is 2.68. The monoisotopic (exact) mass is 224 g/mol. The number of thiazole rings is 1.